The van der Waals surface area contributed by atoms with Crippen LogP contribution in [0.1, 0.15) is 35.3 Å². The molecule has 6 nitrogen and oxygen atoms in total. The maximum absolute atomic E-state index is 12.9. The number of thiocarbonyl (C=S) groups is 1. The van der Waals surface area contributed by atoms with E-state index in [1.807, 2.05) is 70.2 Å². The first-order valence-corrected chi connectivity index (χ1v) is 9.85. The molecule has 0 saturated heterocycles. The quantitative estimate of drug-likeness (QED) is 0.455. The standard InChI is InChI=1S/C22H25N5OS/c1-14(2)23-22(29)25-24-21(28)19-13-27(17-8-6-5-7-9-17)26-20(19)18-11-10-15(3)12-16(18)4/h5-14H,1-4H3,(H,24,28)(H2,23,25,29). The Kier molecular flexibility index (Phi) is 6.29. The second-order valence-electron chi connectivity index (χ2n) is 7.20. The number of hydrogen-bond donors (Lipinski definition) is 3. The summed E-state index contributed by atoms with van der Waals surface area (Å²) in [6, 6.07) is 16.0. The monoisotopic (exact) mass is 407 g/mol. The van der Waals surface area contributed by atoms with Gasteiger partial charge in [0.1, 0.15) is 5.69 Å². The number of hydrogen-bond acceptors (Lipinski definition) is 3. The Morgan fingerprint density at radius 1 is 1.07 bits per heavy atom. The van der Waals surface area contributed by atoms with Gasteiger partial charge in [0.2, 0.25) is 0 Å². The van der Waals surface area contributed by atoms with Crippen LogP contribution in [0.3, 0.4) is 0 Å². The summed E-state index contributed by atoms with van der Waals surface area (Å²) in [4.78, 5) is 12.9. The van der Waals surface area contributed by atoms with Crippen LogP contribution in [-0.2, 0) is 0 Å². The minimum absolute atomic E-state index is 0.165. The van der Waals surface area contributed by atoms with Gasteiger partial charge in [0, 0.05) is 17.8 Å². The van der Waals surface area contributed by atoms with Crippen LogP contribution in [0.2, 0.25) is 0 Å². The lowest BCUT2D eigenvalue weighted by atomic mass is 10.0. The molecule has 0 aliphatic carbocycles. The topological polar surface area (TPSA) is 71.0 Å². The molecule has 150 valence electrons. The summed E-state index contributed by atoms with van der Waals surface area (Å²) >= 11 is 5.18. The number of para-hydroxylation sites is 1. The highest BCUT2D eigenvalue weighted by molar-refractivity contribution is 7.80. The van der Waals surface area contributed by atoms with Crippen molar-refractivity contribution in [2.24, 2.45) is 0 Å². The van der Waals surface area contributed by atoms with Crippen LogP contribution in [0.5, 0.6) is 0 Å². The van der Waals surface area contributed by atoms with Crippen molar-refractivity contribution in [1.29, 1.82) is 0 Å². The lowest BCUT2D eigenvalue weighted by Gasteiger charge is -2.14. The van der Waals surface area contributed by atoms with E-state index in [0.29, 0.717) is 16.4 Å². The number of aryl methyl sites for hydroxylation is 2. The Morgan fingerprint density at radius 3 is 2.45 bits per heavy atom. The van der Waals surface area contributed by atoms with Crippen LogP contribution in [0, 0.1) is 13.8 Å². The molecule has 0 bridgehead atoms. The maximum atomic E-state index is 12.9. The Hall–Kier alpha value is -3.19. The van der Waals surface area contributed by atoms with Crippen LogP contribution < -0.4 is 16.2 Å². The normalized spacial score (nSPS) is 10.7. The highest BCUT2D eigenvalue weighted by Crippen LogP contribution is 2.27. The van der Waals surface area contributed by atoms with Crippen LogP contribution >= 0.6 is 12.2 Å². The molecule has 1 heterocycles. The van der Waals surface area contributed by atoms with Gasteiger partial charge in [-0.05, 0) is 57.6 Å². The van der Waals surface area contributed by atoms with Gasteiger partial charge in [0.15, 0.2) is 5.11 Å². The maximum Gasteiger partial charge on any atom is 0.273 e. The molecular weight excluding hydrogens is 382 g/mol. The fourth-order valence-electron chi connectivity index (χ4n) is 3.01. The number of carbonyl (C=O) groups is 1. The number of aromatic nitrogens is 2. The zero-order valence-electron chi connectivity index (χ0n) is 17.0. The molecule has 0 radical (unpaired) electrons. The van der Waals surface area contributed by atoms with Crippen LogP contribution in [0.15, 0.2) is 54.7 Å². The second kappa shape index (κ2) is 8.87. The smallest absolute Gasteiger partial charge is 0.273 e. The molecule has 7 heteroatoms. The molecule has 0 atom stereocenters. The first-order chi connectivity index (χ1) is 13.8. The fourth-order valence-corrected chi connectivity index (χ4v) is 3.30. The van der Waals surface area contributed by atoms with E-state index in [2.05, 4.69) is 22.2 Å². The number of amides is 1. The number of rotatable bonds is 4. The van der Waals surface area contributed by atoms with E-state index < -0.39 is 0 Å². The molecular formula is C22H25N5OS. The van der Waals surface area contributed by atoms with Crippen molar-refractivity contribution < 1.29 is 4.79 Å². The summed E-state index contributed by atoms with van der Waals surface area (Å²) in [7, 11) is 0. The van der Waals surface area contributed by atoms with Crippen LogP contribution in [0.25, 0.3) is 16.9 Å². The summed E-state index contributed by atoms with van der Waals surface area (Å²) < 4.78 is 1.72. The molecule has 0 unspecified atom stereocenters. The zero-order chi connectivity index (χ0) is 21.0. The van der Waals surface area contributed by atoms with E-state index >= 15 is 0 Å². The largest absolute Gasteiger partial charge is 0.359 e. The lowest BCUT2D eigenvalue weighted by molar-refractivity contribution is 0.0944. The molecule has 29 heavy (non-hydrogen) atoms. The van der Waals surface area contributed by atoms with Crippen molar-refractivity contribution >= 4 is 23.2 Å². The molecule has 1 amide bonds. The summed E-state index contributed by atoms with van der Waals surface area (Å²) in [5.41, 5.74) is 10.5. The van der Waals surface area contributed by atoms with Crippen molar-refractivity contribution in [3.05, 3.63) is 71.4 Å². The predicted molar refractivity (Wildman–Crippen MR) is 120 cm³/mol. The van der Waals surface area contributed by atoms with E-state index in [-0.39, 0.29) is 11.9 Å². The van der Waals surface area contributed by atoms with Gasteiger partial charge < -0.3 is 5.32 Å². The van der Waals surface area contributed by atoms with Gasteiger partial charge in [-0.3, -0.25) is 15.6 Å². The van der Waals surface area contributed by atoms with Crippen molar-refractivity contribution in [2.75, 3.05) is 0 Å². The molecule has 0 aliphatic rings. The van der Waals surface area contributed by atoms with E-state index in [1.54, 1.807) is 10.9 Å². The molecule has 0 spiro atoms. The van der Waals surface area contributed by atoms with Gasteiger partial charge in [0.25, 0.3) is 5.91 Å². The summed E-state index contributed by atoms with van der Waals surface area (Å²) in [5.74, 6) is -0.310. The molecule has 3 rings (SSSR count). The van der Waals surface area contributed by atoms with Gasteiger partial charge in [0.05, 0.1) is 11.3 Å². The van der Waals surface area contributed by atoms with Gasteiger partial charge in [-0.1, -0.05) is 42.0 Å². The number of nitrogens with one attached hydrogen (secondary N) is 3. The van der Waals surface area contributed by atoms with E-state index in [4.69, 9.17) is 17.3 Å². The lowest BCUT2D eigenvalue weighted by Crippen LogP contribution is -2.48. The highest BCUT2D eigenvalue weighted by atomic mass is 32.1. The van der Waals surface area contributed by atoms with E-state index in [0.717, 1.165) is 22.4 Å². The zero-order valence-corrected chi connectivity index (χ0v) is 17.8. The number of nitrogens with zero attached hydrogens (tertiary/aromatic N) is 2. The third kappa shape index (κ3) is 5.00. The van der Waals surface area contributed by atoms with Gasteiger partial charge in [-0.15, -0.1) is 0 Å². The van der Waals surface area contributed by atoms with Crippen molar-refractivity contribution in [1.82, 2.24) is 25.9 Å². The molecule has 0 saturated carbocycles. The number of carbonyl (C=O) groups excluding carboxylic acids is 1. The Labute approximate surface area is 176 Å². The van der Waals surface area contributed by atoms with Crippen molar-refractivity contribution in [3.8, 4) is 16.9 Å². The Balaban J connectivity index is 1.97. The first kappa shape index (κ1) is 20.5. The van der Waals surface area contributed by atoms with E-state index in [1.165, 1.54) is 0 Å². The molecule has 3 N–H and O–H groups in total. The summed E-state index contributed by atoms with van der Waals surface area (Å²) in [6.07, 6.45) is 1.74. The third-order valence-electron chi connectivity index (χ3n) is 4.33. The predicted octanol–water partition coefficient (Wildman–Crippen LogP) is 3.67. The van der Waals surface area contributed by atoms with Gasteiger partial charge in [-0.2, -0.15) is 5.10 Å². The molecule has 2 aromatic carbocycles. The van der Waals surface area contributed by atoms with Gasteiger partial charge in [-0.25, -0.2) is 4.68 Å². The second-order valence-corrected chi connectivity index (χ2v) is 7.61. The molecule has 3 aromatic rings. The molecule has 1 aromatic heterocycles. The number of hydrazine groups is 1. The van der Waals surface area contributed by atoms with Crippen LogP contribution in [-0.4, -0.2) is 26.8 Å². The number of benzene rings is 2. The Bertz CT molecular complexity index is 1030. The van der Waals surface area contributed by atoms with Crippen LogP contribution in [0.4, 0.5) is 0 Å². The fraction of sp³-hybridized carbons (Fsp3) is 0.227. The third-order valence-corrected chi connectivity index (χ3v) is 4.55. The molecule has 0 aliphatic heterocycles. The SMILES string of the molecule is Cc1ccc(-c2nn(-c3ccccc3)cc2C(=O)NNC(=S)NC(C)C)c(C)c1. The average Bonchev–Trinajstić information content (AvgIpc) is 3.11. The van der Waals surface area contributed by atoms with Crippen molar-refractivity contribution in [2.45, 2.75) is 33.7 Å². The Morgan fingerprint density at radius 2 is 1.79 bits per heavy atom. The minimum atomic E-state index is -0.310. The first-order valence-electron chi connectivity index (χ1n) is 9.44. The highest BCUT2D eigenvalue weighted by Gasteiger charge is 2.20. The molecule has 0 fully saturated rings. The van der Waals surface area contributed by atoms with Crippen molar-refractivity contribution in [3.63, 3.8) is 0 Å². The van der Waals surface area contributed by atoms with Gasteiger partial charge >= 0.3 is 0 Å². The average molecular weight is 408 g/mol. The summed E-state index contributed by atoms with van der Waals surface area (Å²) in [5, 5.41) is 8.10. The minimum Gasteiger partial charge on any atom is -0.359 e. The van der Waals surface area contributed by atoms with E-state index in [9.17, 15) is 4.79 Å². The summed E-state index contributed by atoms with van der Waals surface area (Å²) in [6.45, 7) is 8.00.